The summed E-state index contributed by atoms with van der Waals surface area (Å²) in [6.07, 6.45) is 3.24. The highest BCUT2D eigenvalue weighted by Gasteiger charge is 2.46. The highest BCUT2D eigenvalue weighted by molar-refractivity contribution is 6.46. The van der Waals surface area contributed by atoms with Crippen molar-refractivity contribution in [3.63, 3.8) is 0 Å². The van der Waals surface area contributed by atoms with Gasteiger partial charge in [0.05, 0.1) is 24.8 Å². The molecule has 4 rings (SSSR count). The van der Waals surface area contributed by atoms with Gasteiger partial charge in [0.2, 0.25) is 0 Å². The third-order valence-electron chi connectivity index (χ3n) is 5.93. The van der Waals surface area contributed by atoms with Crippen LogP contribution in [0, 0.1) is 5.92 Å². The Hall–Kier alpha value is -4.33. The Morgan fingerprint density at radius 3 is 2.49 bits per heavy atom. The Morgan fingerprint density at radius 1 is 1.08 bits per heavy atom. The monoisotopic (exact) mass is 502 g/mol. The fraction of sp³-hybridized carbons (Fsp3) is 0.276. The zero-order valence-corrected chi connectivity index (χ0v) is 21.0. The highest BCUT2D eigenvalue weighted by atomic mass is 16.5. The minimum absolute atomic E-state index is 0.0436. The predicted octanol–water partition coefficient (Wildman–Crippen LogP) is 4.84. The fourth-order valence-electron chi connectivity index (χ4n) is 4.18. The fourth-order valence-corrected chi connectivity index (χ4v) is 4.18. The Kier molecular flexibility index (Phi) is 7.77. The summed E-state index contributed by atoms with van der Waals surface area (Å²) >= 11 is 0. The number of ketones is 1. The number of carbonyl (C=O) groups is 2. The van der Waals surface area contributed by atoms with Gasteiger partial charge in [-0.2, -0.15) is 0 Å². The molecule has 1 amide bonds. The number of Topliss-reactive ketones (excluding diaryl/α,β-unsaturated/α-hetero) is 1. The van der Waals surface area contributed by atoms with Gasteiger partial charge in [-0.25, -0.2) is 0 Å². The molecule has 1 atom stereocenters. The summed E-state index contributed by atoms with van der Waals surface area (Å²) in [5, 5.41) is 21.5. The molecule has 0 aliphatic carbocycles. The average Bonchev–Trinajstić information content (AvgIpc) is 3.14. The lowest BCUT2D eigenvalue weighted by Crippen LogP contribution is -2.29. The molecule has 1 fully saturated rings. The van der Waals surface area contributed by atoms with E-state index in [4.69, 9.17) is 9.47 Å². The van der Waals surface area contributed by atoms with Crippen LogP contribution in [0.5, 0.6) is 17.2 Å². The number of ether oxygens (including phenoxy) is 2. The molecule has 1 aliphatic rings. The van der Waals surface area contributed by atoms with E-state index in [-0.39, 0.29) is 29.4 Å². The van der Waals surface area contributed by atoms with Crippen LogP contribution in [0.25, 0.3) is 5.76 Å². The maximum absolute atomic E-state index is 13.3. The number of aromatic hydroxyl groups is 1. The first-order chi connectivity index (χ1) is 17.8. The van der Waals surface area contributed by atoms with Gasteiger partial charge in [-0.05, 0) is 66.4 Å². The van der Waals surface area contributed by atoms with Crippen LogP contribution >= 0.6 is 0 Å². The molecular formula is C29H30N2O6. The Balaban J connectivity index is 1.79. The molecule has 3 aromatic rings. The molecule has 8 nitrogen and oxygen atoms in total. The van der Waals surface area contributed by atoms with Crippen LogP contribution in [-0.4, -0.2) is 45.0 Å². The first-order valence-electron chi connectivity index (χ1n) is 12.2. The predicted molar refractivity (Wildman–Crippen MR) is 138 cm³/mol. The topological polar surface area (TPSA) is 109 Å². The normalized spacial score (nSPS) is 16.9. The van der Waals surface area contributed by atoms with E-state index in [1.165, 1.54) is 11.0 Å². The van der Waals surface area contributed by atoms with Crippen molar-refractivity contribution >= 4 is 17.4 Å². The highest BCUT2D eigenvalue weighted by Crippen LogP contribution is 2.42. The number of aliphatic hydroxyl groups is 1. The second kappa shape index (κ2) is 11.2. The molecular weight excluding hydrogens is 472 g/mol. The molecule has 1 aromatic heterocycles. The van der Waals surface area contributed by atoms with Crippen molar-refractivity contribution in [3.8, 4) is 17.2 Å². The second-order valence-electron chi connectivity index (χ2n) is 9.18. The molecule has 2 heterocycles. The molecule has 2 N–H and O–H groups in total. The number of phenols is 1. The van der Waals surface area contributed by atoms with Crippen LogP contribution in [0.3, 0.4) is 0 Å². The minimum atomic E-state index is -0.906. The van der Waals surface area contributed by atoms with Crippen molar-refractivity contribution in [2.24, 2.45) is 5.92 Å². The molecule has 0 radical (unpaired) electrons. The van der Waals surface area contributed by atoms with Crippen molar-refractivity contribution in [3.05, 3.63) is 89.3 Å². The molecule has 37 heavy (non-hydrogen) atoms. The largest absolute Gasteiger partial charge is 0.507 e. The smallest absolute Gasteiger partial charge is 0.295 e. The minimum Gasteiger partial charge on any atom is -0.507 e. The number of likely N-dealkylation sites (tertiary alicyclic amines) is 1. The van der Waals surface area contributed by atoms with Gasteiger partial charge >= 0.3 is 0 Å². The lowest BCUT2D eigenvalue weighted by molar-refractivity contribution is -0.140. The molecule has 0 unspecified atom stereocenters. The van der Waals surface area contributed by atoms with Gasteiger partial charge < -0.3 is 24.6 Å². The van der Waals surface area contributed by atoms with Gasteiger partial charge in [-0.3, -0.25) is 14.6 Å². The zero-order valence-electron chi connectivity index (χ0n) is 21.0. The molecule has 0 spiro atoms. The van der Waals surface area contributed by atoms with Gasteiger partial charge in [0.1, 0.15) is 11.5 Å². The van der Waals surface area contributed by atoms with Gasteiger partial charge in [-0.1, -0.05) is 26.0 Å². The van der Waals surface area contributed by atoms with E-state index < -0.39 is 17.7 Å². The summed E-state index contributed by atoms with van der Waals surface area (Å²) in [5.74, 6) is -0.672. The number of aliphatic hydroxyl groups excluding tert-OH is 1. The maximum atomic E-state index is 13.3. The van der Waals surface area contributed by atoms with E-state index in [1.807, 2.05) is 19.9 Å². The number of pyridine rings is 1. The quantitative estimate of drug-likeness (QED) is 0.245. The van der Waals surface area contributed by atoms with Gasteiger partial charge in [0.25, 0.3) is 11.7 Å². The maximum Gasteiger partial charge on any atom is 0.295 e. The molecule has 8 heteroatoms. The summed E-state index contributed by atoms with van der Waals surface area (Å²) in [6, 6.07) is 14.0. The van der Waals surface area contributed by atoms with E-state index in [1.54, 1.807) is 61.8 Å². The lowest BCUT2D eigenvalue weighted by Gasteiger charge is -2.26. The first-order valence-corrected chi connectivity index (χ1v) is 12.2. The van der Waals surface area contributed by atoms with E-state index in [0.29, 0.717) is 36.0 Å². The number of hydrogen-bond acceptors (Lipinski definition) is 7. The lowest BCUT2D eigenvalue weighted by atomic mass is 9.94. The number of rotatable bonds is 9. The Bertz CT molecular complexity index is 1300. The van der Waals surface area contributed by atoms with Gasteiger partial charge in [0, 0.05) is 24.5 Å². The van der Waals surface area contributed by atoms with Crippen LogP contribution < -0.4 is 9.47 Å². The Morgan fingerprint density at radius 2 is 1.84 bits per heavy atom. The summed E-state index contributed by atoms with van der Waals surface area (Å²) in [5.41, 5.74) is 1.58. The third kappa shape index (κ3) is 5.58. The standard InChI is InChI=1S/C29H30N2O6/c1-4-36-24-14-21(9-12-23(24)32)26-25(27(33)20-7-10-22(11-8-20)37-17-18(2)3)28(34)29(35)31(26)16-19-6-5-13-30-15-19/h5-15,18,26,32-33H,4,16-17H2,1-3H3/b27-25+/t26-/m0/s1. The van der Waals surface area contributed by atoms with E-state index in [2.05, 4.69) is 4.98 Å². The first kappa shape index (κ1) is 25.8. The zero-order chi connectivity index (χ0) is 26.5. The van der Waals surface area contributed by atoms with Crippen molar-refractivity contribution in [2.75, 3.05) is 13.2 Å². The van der Waals surface area contributed by atoms with Crippen LogP contribution in [0.4, 0.5) is 0 Å². The number of amides is 1. The van der Waals surface area contributed by atoms with Crippen LogP contribution in [0.1, 0.15) is 43.5 Å². The van der Waals surface area contributed by atoms with Gasteiger partial charge in [-0.15, -0.1) is 0 Å². The Labute approximate surface area is 215 Å². The number of hydrogen-bond donors (Lipinski definition) is 2. The molecule has 1 saturated heterocycles. The number of benzene rings is 2. The molecule has 1 aliphatic heterocycles. The van der Waals surface area contributed by atoms with Crippen molar-refractivity contribution in [1.82, 2.24) is 9.88 Å². The van der Waals surface area contributed by atoms with E-state index in [9.17, 15) is 19.8 Å². The van der Waals surface area contributed by atoms with Crippen LogP contribution in [0.15, 0.2) is 72.6 Å². The van der Waals surface area contributed by atoms with Crippen molar-refractivity contribution in [1.29, 1.82) is 0 Å². The summed E-state index contributed by atoms with van der Waals surface area (Å²) in [4.78, 5) is 32.0. The number of aromatic nitrogens is 1. The third-order valence-corrected chi connectivity index (χ3v) is 5.93. The van der Waals surface area contributed by atoms with Crippen molar-refractivity contribution in [2.45, 2.75) is 33.4 Å². The number of carbonyl (C=O) groups excluding carboxylic acids is 2. The van der Waals surface area contributed by atoms with Crippen molar-refractivity contribution < 1.29 is 29.3 Å². The molecule has 192 valence electrons. The van der Waals surface area contributed by atoms with Crippen LogP contribution in [-0.2, 0) is 16.1 Å². The average molecular weight is 503 g/mol. The SMILES string of the molecule is CCOc1cc([C@H]2/C(=C(\O)c3ccc(OCC(C)C)cc3)C(=O)C(=O)N2Cc2cccnc2)ccc1O. The number of nitrogens with zero attached hydrogens (tertiary/aromatic N) is 2. The summed E-state index contributed by atoms with van der Waals surface area (Å²) in [6.45, 7) is 6.85. The van der Waals surface area contributed by atoms with Gasteiger partial charge in [0.15, 0.2) is 11.5 Å². The second-order valence-corrected chi connectivity index (χ2v) is 9.18. The summed E-state index contributed by atoms with van der Waals surface area (Å²) < 4.78 is 11.3. The molecule has 0 bridgehead atoms. The summed E-state index contributed by atoms with van der Waals surface area (Å²) in [7, 11) is 0. The van der Waals surface area contributed by atoms with E-state index >= 15 is 0 Å². The molecule has 2 aromatic carbocycles. The molecule has 0 saturated carbocycles. The van der Waals surface area contributed by atoms with E-state index in [0.717, 1.165) is 5.56 Å². The number of phenolic OH excluding ortho intramolecular Hbond substituents is 1. The van der Waals surface area contributed by atoms with Crippen LogP contribution in [0.2, 0.25) is 0 Å².